The van der Waals surface area contributed by atoms with Gasteiger partial charge in [0.1, 0.15) is 18.0 Å². The van der Waals surface area contributed by atoms with E-state index in [1.807, 2.05) is 18.2 Å². The largest absolute Gasteiger partial charge is 0.394 e. The molecule has 0 fully saturated rings. The number of imidazole rings is 1. The standard InChI is InChI=1S/C22H22ClFN4O3S.C14H19ClN2O2.C11H7FN4OS.CH2Cl2.CH4.ClH/c23-17-9-13(1-3-16(30)12-29)11-25-20(17)14-5-7-28(8-6-14)22(31)27-21-26-18-4-2-15(24)10-19(18)32-21;15-13-7-10(1-2-12(19)9-18)8-17-14(13)11-3-5-16-6-4-11;12-7-1-2-8-9(5-7)18-10(14-8)15-11(17)16-4-3-13-6-16;2-1-3;;/h2,4-5,9-11,16,29-30H,1,3,6-8,12H2,(H,26,27,31);3,7-8,12,16,18-19H,1-2,4-6,9H2;1-6H,(H,14,15,17);1H2;1H4;1H/t16-;12-;;;;/m11..../s1. The summed E-state index contributed by atoms with van der Waals surface area (Å²) in [4.78, 5) is 47.2. The minimum atomic E-state index is -0.754. The normalized spacial score (nSPS) is 13.7. The van der Waals surface area contributed by atoms with Crippen LogP contribution in [-0.4, -0.2) is 124 Å². The molecule has 0 saturated heterocycles. The predicted molar refractivity (Wildman–Crippen MR) is 296 cm³/mol. The number of nitrogens with zero attached hydrogens (tertiary/aromatic N) is 7. The van der Waals surface area contributed by atoms with Crippen LogP contribution in [0.4, 0.5) is 28.6 Å². The molecular weight excluding hydrogens is 1100 g/mol. The van der Waals surface area contributed by atoms with Crippen LogP contribution in [0.2, 0.25) is 10.0 Å². The van der Waals surface area contributed by atoms with Crippen LogP contribution in [0.25, 0.3) is 31.6 Å². The Hall–Kier alpha value is -4.94. The number of anilines is 2. The second kappa shape index (κ2) is 31.2. The first-order valence-electron chi connectivity index (χ1n) is 22.3. The van der Waals surface area contributed by atoms with Crippen molar-refractivity contribution < 1.29 is 38.8 Å². The van der Waals surface area contributed by atoms with Gasteiger partial charge in [-0.15, -0.1) is 35.6 Å². The van der Waals surface area contributed by atoms with Crippen molar-refractivity contribution >= 4 is 135 Å². The van der Waals surface area contributed by atoms with Gasteiger partial charge in [-0.3, -0.25) is 25.2 Å². The zero-order valence-electron chi connectivity index (χ0n) is 38.7. The number of rotatable bonds is 12. The second-order valence-corrected chi connectivity index (χ2v) is 19.6. The molecule has 0 spiro atoms. The van der Waals surface area contributed by atoms with Crippen molar-refractivity contribution in [1.82, 2.24) is 39.7 Å². The molecule has 0 bridgehead atoms. The number of carbonyl (C=O) groups excluding carboxylic acids is 2. The molecule has 9 rings (SSSR count). The molecule has 5 aromatic heterocycles. The molecule has 398 valence electrons. The summed E-state index contributed by atoms with van der Waals surface area (Å²) in [6.45, 7) is 2.24. The molecular formula is C49H55Cl5F2N10O6S2. The fraction of sp³-hybridized carbons (Fsp3) is 0.327. The molecule has 0 saturated carbocycles. The lowest BCUT2D eigenvalue weighted by Crippen LogP contribution is -2.37. The Morgan fingerprint density at radius 1 is 0.770 bits per heavy atom. The van der Waals surface area contributed by atoms with E-state index in [0.717, 1.165) is 41.9 Å². The monoisotopic (exact) mass is 1160 g/mol. The van der Waals surface area contributed by atoms with Crippen molar-refractivity contribution in [1.29, 1.82) is 0 Å². The van der Waals surface area contributed by atoms with Crippen LogP contribution in [0.3, 0.4) is 0 Å². The van der Waals surface area contributed by atoms with Crippen molar-refractivity contribution in [3.63, 3.8) is 0 Å². The molecule has 0 radical (unpaired) electrons. The summed E-state index contributed by atoms with van der Waals surface area (Å²) < 4.78 is 29.0. The third-order valence-corrected chi connectivity index (χ3v) is 13.2. The first-order valence-corrected chi connectivity index (χ1v) is 25.8. The van der Waals surface area contributed by atoms with E-state index in [1.54, 1.807) is 29.4 Å². The number of hydrogen-bond donors (Lipinski definition) is 7. The summed E-state index contributed by atoms with van der Waals surface area (Å²) in [5.41, 5.74) is 6.86. The summed E-state index contributed by atoms with van der Waals surface area (Å²) in [6.07, 6.45) is 14.3. The average molecular weight is 1160 g/mol. The molecule has 7 N–H and O–H groups in total. The highest BCUT2D eigenvalue weighted by Gasteiger charge is 2.22. The van der Waals surface area contributed by atoms with Gasteiger partial charge in [-0.1, -0.05) is 65.5 Å². The van der Waals surface area contributed by atoms with Gasteiger partial charge in [0.2, 0.25) is 0 Å². The van der Waals surface area contributed by atoms with Crippen molar-refractivity contribution in [3.05, 3.63) is 136 Å². The van der Waals surface area contributed by atoms with Crippen LogP contribution in [0, 0.1) is 11.6 Å². The lowest BCUT2D eigenvalue weighted by atomic mass is 10.0. The third-order valence-electron chi connectivity index (χ3n) is 10.8. The molecule has 2 atom stereocenters. The van der Waals surface area contributed by atoms with E-state index in [2.05, 4.69) is 46.9 Å². The van der Waals surface area contributed by atoms with E-state index < -0.39 is 12.2 Å². The maximum Gasteiger partial charge on any atom is 0.333 e. The second-order valence-electron chi connectivity index (χ2n) is 15.9. The summed E-state index contributed by atoms with van der Waals surface area (Å²) in [6, 6.07) is 11.7. The van der Waals surface area contributed by atoms with Gasteiger partial charge in [0, 0.05) is 44.4 Å². The highest BCUT2D eigenvalue weighted by molar-refractivity contribution is 7.22. The van der Waals surface area contributed by atoms with Crippen LogP contribution in [0.1, 0.15) is 55.6 Å². The Morgan fingerprint density at radius 3 is 1.72 bits per heavy atom. The Kier molecular flexibility index (Phi) is 26.0. The first-order chi connectivity index (χ1) is 34.8. The number of urea groups is 1. The topological polar surface area (TPSA) is 224 Å². The maximum atomic E-state index is 13.4. The molecule has 2 aliphatic rings. The van der Waals surface area contributed by atoms with E-state index in [4.69, 9.17) is 56.6 Å². The number of hydrogen-bond acceptors (Lipinski definition) is 14. The predicted octanol–water partition coefficient (Wildman–Crippen LogP) is 10.7. The SMILES string of the molecule is C.Cl.ClCCl.O=C(Nc1nc2ccc(F)cc2s1)N1CC=C(c2ncc(CC[C@@H](O)CO)cc2Cl)CC1.O=C(Nc1nc2ccc(F)cc2s1)n1ccnc1.OC[C@H](O)CCc1cnc(C2=CCNCC2)c(Cl)c1. The van der Waals surface area contributed by atoms with E-state index in [1.165, 1.54) is 75.8 Å². The van der Waals surface area contributed by atoms with Crippen molar-refractivity contribution in [2.24, 2.45) is 0 Å². The lowest BCUT2D eigenvalue weighted by molar-refractivity contribution is 0.0885. The van der Waals surface area contributed by atoms with Crippen LogP contribution in [0.15, 0.2) is 91.8 Å². The number of fused-ring (bicyclic) bond motifs is 2. The summed E-state index contributed by atoms with van der Waals surface area (Å²) in [5, 5.41) is 47.4. The Balaban J connectivity index is 0.000000244. The van der Waals surface area contributed by atoms with Gasteiger partial charge >= 0.3 is 12.1 Å². The van der Waals surface area contributed by atoms with E-state index in [0.29, 0.717) is 91.6 Å². The van der Waals surface area contributed by atoms with Gasteiger partial charge in [0.05, 0.1) is 72.6 Å². The Bertz CT molecular complexity index is 2970. The zero-order valence-corrected chi connectivity index (χ0v) is 44.2. The van der Waals surface area contributed by atoms with Crippen LogP contribution in [-0.2, 0) is 12.8 Å². The highest BCUT2D eigenvalue weighted by atomic mass is 35.5. The molecule has 3 amide bonds. The van der Waals surface area contributed by atoms with E-state index in [-0.39, 0.29) is 62.1 Å². The number of nitrogens with one attached hydrogen (secondary N) is 3. The van der Waals surface area contributed by atoms with Gasteiger partial charge in [0.15, 0.2) is 10.3 Å². The zero-order chi connectivity index (χ0) is 51.6. The summed E-state index contributed by atoms with van der Waals surface area (Å²) in [7, 11) is 0. The van der Waals surface area contributed by atoms with Crippen molar-refractivity contribution in [3.8, 4) is 0 Å². The molecule has 2 aliphatic heterocycles. The molecule has 7 heterocycles. The molecule has 0 aliphatic carbocycles. The number of benzene rings is 2. The number of thiazole rings is 2. The minimum absolute atomic E-state index is 0. The smallest absolute Gasteiger partial charge is 0.333 e. The van der Waals surface area contributed by atoms with E-state index in [9.17, 15) is 28.6 Å². The number of carbonyl (C=O) groups is 2. The van der Waals surface area contributed by atoms with Crippen molar-refractivity contribution in [2.45, 2.75) is 58.2 Å². The van der Waals surface area contributed by atoms with Crippen LogP contribution >= 0.6 is 81.5 Å². The summed E-state index contributed by atoms with van der Waals surface area (Å²) >= 11 is 24.7. The number of aliphatic hydroxyl groups excluding tert-OH is 4. The van der Waals surface area contributed by atoms with Crippen LogP contribution in [0.5, 0.6) is 0 Å². The van der Waals surface area contributed by atoms with Gasteiger partial charge in [-0.05, 0) is 116 Å². The first kappa shape index (κ1) is 61.6. The number of amides is 3. The van der Waals surface area contributed by atoms with Gasteiger partial charge < -0.3 is 30.6 Å². The number of pyridine rings is 2. The van der Waals surface area contributed by atoms with Crippen molar-refractivity contribution in [2.75, 3.05) is 55.4 Å². The molecule has 7 aromatic rings. The number of aromatic nitrogens is 6. The van der Waals surface area contributed by atoms with E-state index >= 15 is 0 Å². The Morgan fingerprint density at radius 2 is 1.28 bits per heavy atom. The molecule has 2 aromatic carbocycles. The molecule has 25 heteroatoms. The quantitative estimate of drug-likeness (QED) is 0.0568. The number of aliphatic hydroxyl groups is 4. The average Bonchev–Trinajstić information content (AvgIpc) is 4.16. The Labute approximate surface area is 460 Å². The summed E-state index contributed by atoms with van der Waals surface area (Å²) in [5.74, 6) is -0.658. The molecule has 74 heavy (non-hydrogen) atoms. The number of alkyl halides is 2. The lowest BCUT2D eigenvalue weighted by Gasteiger charge is -2.26. The highest BCUT2D eigenvalue weighted by Crippen LogP contribution is 2.31. The minimum Gasteiger partial charge on any atom is -0.394 e. The maximum absolute atomic E-state index is 13.4. The third kappa shape index (κ3) is 18.4. The van der Waals surface area contributed by atoms with Gasteiger partial charge in [-0.2, -0.15) is 0 Å². The van der Waals surface area contributed by atoms with Gasteiger partial charge in [-0.25, -0.2) is 33.3 Å². The molecule has 16 nitrogen and oxygen atoms in total. The number of halogens is 7. The fourth-order valence-electron chi connectivity index (χ4n) is 7.07. The fourth-order valence-corrected chi connectivity index (χ4v) is 9.45. The van der Waals surface area contributed by atoms with Crippen LogP contribution < -0.4 is 16.0 Å². The molecule has 0 unspecified atom stereocenters. The van der Waals surface area contributed by atoms with Gasteiger partial charge in [0.25, 0.3) is 0 Å². The number of aryl methyl sites for hydroxylation is 2.